The van der Waals surface area contributed by atoms with Gasteiger partial charge in [-0.05, 0) is 49.9 Å². The van der Waals surface area contributed by atoms with Gasteiger partial charge >= 0.3 is 5.69 Å². The molecule has 2 fully saturated rings. The molecule has 0 aliphatic carbocycles. The Balaban J connectivity index is 1.33. The largest absolute Gasteiger partial charge is 0.372 e. The van der Waals surface area contributed by atoms with Crippen LogP contribution in [0.1, 0.15) is 42.1 Å². The molecule has 5 rings (SSSR count). The Morgan fingerprint density at radius 3 is 2.55 bits per heavy atom. The van der Waals surface area contributed by atoms with Gasteiger partial charge in [0, 0.05) is 39.3 Å². The van der Waals surface area contributed by atoms with Crippen LogP contribution in [0.15, 0.2) is 41.2 Å². The predicted octanol–water partition coefficient (Wildman–Crippen LogP) is 2.84. The van der Waals surface area contributed by atoms with Gasteiger partial charge in [-0.3, -0.25) is 9.36 Å². The number of carbonyl (C=O) groups excluding carboxylic acids is 1. The summed E-state index contributed by atoms with van der Waals surface area (Å²) in [6.45, 7) is 3.27. The normalized spacial score (nSPS) is 17.5. The zero-order valence-electron chi connectivity index (χ0n) is 17.8. The van der Waals surface area contributed by atoms with Crippen LogP contribution < -0.4 is 15.9 Å². The number of para-hydroxylation sites is 2. The molecule has 8 heteroatoms. The van der Waals surface area contributed by atoms with Gasteiger partial charge in [0.2, 0.25) is 0 Å². The summed E-state index contributed by atoms with van der Waals surface area (Å²) in [5.74, 6) is 1.55. The number of benzene rings is 1. The first-order valence-electron chi connectivity index (χ1n) is 11.1. The van der Waals surface area contributed by atoms with Gasteiger partial charge in [-0.25, -0.2) is 9.78 Å². The minimum atomic E-state index is -0.0416. The molecule has 8 nitrogen and oxygen atoms in total. The van der Waals surface area contributed by atoms with E-state index in [1.54, 1.807) is 0 Å². The highest BCUT2D eigenvalue weighted by atomic mass is 16.2. The molecule has 3 aromatic rings. The van der Waals surface area contributed by atoms with Crippen molar-refractivity contribution in [1.29, 1.82) is 0 Å². The van der Waals surface area contributed by atoms with Gasteiger partial charge < -0.3 is 20.1 Å². The summed E-state index contributed by atoms with van der Waals surface area (Å²) in [7, 11) is 1.81. The predicted molar refractivity (Wildman–Crippen MR) is 122 cm³/mol. The first-order chi connectivity index (χ1) is 15.2. The number of likely N-dealkylation sites (tertiary alicyclic amines) is 1. The molecule has 0 spiro atoms. The molecule has 31 heavy (non-hydrogen) atoms. The van der Waals surface area contributed by atoms with Crippen LogP contribution in [-0.4, -0.2) is 58.6 Å². The number of fused-ring (bicyclic) bond motifs is 1. The number of carbonyl (C=O) groups is 1. The second-order valence-corrected chi connectivity index (χ2v) is 8.35. The van der Waals surface area contributed by atoms with E-state index in [-0.39, 0.29) is 17.6 Å². The second kappa shape index (κ2) is 8.09. The second-order valence-electron chi connectivity index (χ2n) is 8.35. The number of nitrogens with zero attached hydrogens (tertiary/aromatic N) is 4. The smallest absolute Gasteiger partial charge is 0.326 e. The van der Waals surface area contributed by atoms with Crippen LogP contribution in [-0.2, 0) is 0 Å². The van der Waals surface area contributed by atoms with E-state index < -0.39 is 0 Å². The Kier molecular flexibility index (Phi) is 5.13. The van der Waals surface area contributed by atoms with Gasteiger partial charge in [0.05, 0.1) is 16.6 Å². The number of imidazole rings is 1. The lowest BCUT2D eigenvalue weighted by Gasteiger charge is -2.33. The zero-order valence-corrected chi connectivity index (χ0v) is 17.8. The number of pyridine rings is 1. The third kappa shape index (κ3) is 3.56. The molecule has 2 N–H and O–H groups in total. The molecule has 0 saturated carbocycles. The number of aromatic amines is 1. The Hall–Kier alpha value is -3.29. The van der Waals surface area contributed by atoms with Gasteiger partial charge in [-0.15, -0.1) is 0 Å². The summed E-state index contributed by atoms with van der Waals surface area (Å²) in [6, 6.07) is 11.9. The van der Waals surface area contributed by atoms with E-state index in [9.17, 15) is 9.59 Å². The number of nitrogens with one attached hydrogen (secondary N) is 2. The van der Waals surface area contributed by atoms with Crippen molar-refractivity contribution in [3.8, 4) is 0 Å². The molecule has 0 radical (unpaired) electrons. The summed E-state index contributed by atoms with van der Waals surface area (Å²) in [6.07, 6.45) is 3.88. The summed E-state index contributed by atoms with van der Waals surface area (Å²) >= 11 is 0. The Labute approximate surface area is 180 Å². The van der Waals surface area contributed by atoms with Crippen molar-refractivity contribution >= 4 is 28.6 Å². The van der Waals surface area contributed by atoms with E-state index in [4.69, 9.17) is 4.98 Å². The van der Waals surface area contributed by atoms with Crippen molar-refractivity contribution < 1.29 is 4.79 Å². The van der Waals surface area contributed by atoms with E-state index in [1.807, 2.05) is 52.9 Å². The van der Waals surface area contributed by atoms with Crippen LogP contribution >= 0.6 is 0 Å². The van der Waals surface area contributed by atoms with Crippen molar-refractivity contribution in [3.63, 3.8) is 0 Å². The fourth-order valence-electron chi connectivity index (χ4n) is 4.87. The van der Waals surface area contributed by atoms with Gasteiger partial charge in [0.1, 0.15) is 11.6 Å². The van der Waals surface area contributed by atoms with Crippen molar-refractivity contribution in [2.75, 3.05) is 43.4 Å². The standard InChI is InChI=1S/C23H28N6O2/c1-24-21-17(22(30)28-12-4-5-13-28)8-9-20(26-21)27-14-10-16(11-15-27)29-19-7-3-2-6-18(19)25-23(29)31/h2-3,6-9,16H,4-5,10-15H2,1H3,(H,24,26)(H,25,31). The number of aromatic nitrogens is 3. The van der Waals surface area contributed by atoms with Crippen LogP contribution in [0.4, 0.5) is 11.6 Å². The third-order valence-corrected chi connectivity index (χ3v) is 6.52. The average molecular weight is 421 g/mol. The lowest BCUT2D eigenvalue weighted by molar-refractivity contribution is 0.0793. The quantitative estimate of drug-likeness (QED) is 0.678. The van der Waals surface area contributed by atoms with Gasteiger partial charge in [-0.2, -0.15) is 0 Å². The molecule has 2 aliphatic rings. The van der Waals surface area contributed by atoms with Gasteiger partial charge in [-0.1, -0.05) is 12.1 Å². The molecule has 162 valence electrons. The zero-order chi connectivity index (χ0) is 21.4. The molecular formula is C23H28N6O2. The number of hydrogen-bond donors (Lipinski definition) is 2. The molecule has 0 atom stereocenters. The molecule has 1 amide bonds. The van der Waals surface area contributed by atoms with Crippen molar-refractivity contribution in [2.24, 2.45) is 0 Å². The molecule has 0 unspecified atom stereocenters. The Morgan fingerprint density at radius 1 is 1.06 bits per heavy atom. The topological polar surface area (TPSA) is 86.3 Å². The molecule has 4 heterocycles. The highest BCUT2D eigenvalue weighted by Crippen LogP contribution is 2.29. The maximum absolute atomic E-state index is 12.8. The summed E-state index contributed by atoms with van der Waals surface area (Å²) in [5.41, 5.74) is 2.44. The number of amides is 1. The summed E-state index contributed by atoms with van der Waals surface area (Å²) in [5, 5.41) is 3.10. The van der Waals surface area contributed by atoms with Crippen LogP contribution in [0.2, 0.25) is 0 Å². The van der Waals surface area contributed by atoms with Crippen molar-refractivity contribution in [3.05, 3.63) is 52.4 Å². The average Bonchev–Trinajstić information content (AvgIpc) is 3.46. The molecule has 0 bridgehead atoms. The summed E-state index contributed by atoms with van der Waals surface area (Å²) < 4.78 is 1.90. The van der Waals surface area contributed by atoms with E-state index >= 15 is 0 Å². The third-order valence-electron chi connectivity index (χ3n) is 6.52. The Morgan fingerprint density at radius 2 is 1.81 bits per heavy atom. The Bertz CT molecular complexity index is 1150. The monoisotopic (exact) mass is 420 g/mol. The van der Waals surface area contributed by atoms with E-state index in [0.717, 1.165) is 68.7 Å². The number of hydrogen-bond acceptors (Lipinski definition) is 5. The fourth-order valence-corrected chi connectivity index (χ4v) is 4.87. The maximum Gasteiger partial charge on any atom is 0.326 e. The van der Waals surface area contributed by atoms with Crippen LogP contribution in [0.3, 0.4) is 0 Å². The molecule has 2 aromatic heterocycles. The van der Waals surface area contributed by atoms with E-state index in [2.05, 4.69) is 15.2 Å². The van der Waals surface area contributed by atoms with Crippen LogP contribution in [0.5, 0.6) is 0 Å². The number of rotatable bonds is 4. The van der Waals surface area contributed by atoms with Gasteiger partial charge in [0.25, 0.3) is 5.91 Å². The van der Waals surface area contributed by atoms with Crippen molar-refractivity contribution in [1.82, 2.24) is 19.4 Å². The minimum Gasteiger partial charge on any atom is -0.372 e. The van der Waals surface area contributed by atoms with Gasteiger partial charge in [0.15, 0.2) is 0 Å². The first-order valence-corrected chi connectivity index (χ1v) is 11.1. The molecule has 1 aromatic carbocycles. The summed E-state index contributed by atoms with van der Waals surface area (Å²) in [4.78, 5) is 37.2. The SMILES string of the molecule is CNc1nc(N2CCC(n3c(=O)[nH]c4ccccc43)CC2)ccc1C(=O)N1CCCC1. The van der Waals surface area contributed by atoms with Crippen molar-refractivity contribution in [2.45, 2.75) is 31.7 Å². The molecule has 2 aliphatic heterocycles. The van der Waals surface area contributed by atoms with Crippen LogP contribution in [0, 0.1) is 0 Å². The number of piperidine rings is 1. The lowest BCUT2D eigenvalue weighted by atomic mass is 10.0. The molecular weight excluding hydrogens is 392 g/mol. The number of H-pyrrole nitrogens is 1. The highest BCUT2D eigenvalue weighted by molar-refractivity contribution is 5.99. The van der Waals surface area contributed by atoms with E-state index in [1.165, 1.54) is 0 Å². The fraction of sp³-hybridized carbons (Fsp3) is 0.435. The number of anilines is 2. The van der Waals surface area contributed by atoms with E-state index in [0.29, 0.717) is 11.4 Å². The maximum atomic E-state index is 12.8. The minimum absolute atomic E-state index is 0.0416. The lowest BCUT2D eigenvalue weighted by Crippen LogP contribution is -2.37. The molecule has 2 saturated heterocycles. The highest BCUT2D eigenvalue weighted by Gasteiger charge is 2.26. The van der Waals surface area contributed by atoms with Crippen LogP contribution in [0.25, 0.3) is 11.0 Å². The first kappa shape index (κ1) is 19.7.